The highest BCUT2D eigenvalue weighted by Crippen LogP contribution is 2.28. The molecule has 4 aromatic rings. The van der Waals surface area contributed by atoms with Crippen molar-refractivity contribution in [1.82, 2.24) is 0 Å². The Hall–Kier alpha value is -2.59. The fourth-order valence-electron chi connectivity index (χ4n) is 4.64. The minimum atomic E-state index is -3.18. The molecule has 1 radical (unpaired) electrons. The number of hydrogen-bond donors (Lipinski definition) is 0. The minimum absolute atomic E-state index is 0.411. The Balaban J connectivity index is 1.88. The van der Waals surface area contributed by atoms with E-state index in [9.17, 15) is 0 Å². The third-order valence-corrected chi connectivity index (χ3v) is 18.4. The van der Waals surface area contributed by atoms with Crippen LogP contribution >= 0.6 is 0 Å². The lowest BCUT2D eigenvalue weighted by Crippen LogP contribution is -2.71. The van der Waals surface area contributed by atoms with Crippen LogP contribution in [0.5, 0.6) is 0 Å². The van der Waals surface area contributed by atoms with Crippen LogP contribution in [-0.4, -0.2) is 31.8 Å². The van der Waals surface area contributed by atoms with Crippen LogP contribution in [-0.2, 0) is 12.7 Å². The van der Waals surface area contributed by atoms with Gasteiger partial charge in [0.15, 0.2) is 0 Å². The van der Waals surface area contributed by atoms with Crippen molar-refractivity contribution in [1.29, 1.82) is 0 Å². The molecule has 4 rings (SSSR count). The van der Waals surface area contributed by atoms with Gasteiger partial charge in [0.2, 0.25) is 0 Å². The van der Waals surface area contributed by atoms with Gasteiger partial charge < -0.3 is 12.7 Å². The summed E-state index contributed by atoms with van der Waals surface area (Å²) < 4.78 is 22.1. The third-order valence-electron chi connectivity index (χ3n) is 6.52. The van der Waals surface area contributed by atoms with Crippen molar-refractivity contribution >= 4 is 46.9 Å². The van der Waals surface area contributed by atoms with E-state index in [0.717, 1.165) is 22.5 Å². The molecule has 0 fully saturated rings. The summed E-state index contributed by atoms with van der Waals surface area (Å²) in [4.78, 5) is 0. The van der Waals surface area contributed by atoms with E-state index < -0.39 is 31.8 Å². The van der Waals surface area contributed by atoms with Crippen molar-refractivity contribution in [2.24, 2.45) is 0 Å². The van der Waals surface area contributed by atoms with Crippen LogP contribution in [0.2, 0.25) is 12.1 Å². The van der Waals surface area contributed by atoms with Gasteiger partial charge in [-0.05, 0) is 53.6 Å². The Kier molecular flexibility index (Phi) is 9.36. The first kappa shape index (κ1) is 28.4. The van der Waals surface area contributed by atoms with E-state index >= 15 is 0 Å². The van der Waals surface area contributed by atoms with Crippen LogP contribution in [0.1, 0.15) is 34.6 Å². The molecule has 6 heteroatoms. The zero-order valence-corrected chi connectivity index (χ0v) is 26.2. The summed E-state index contributed by atoms with van der Waals surface area (Å²) in [6.45, 7) is 10.8. The molecule has 38 heavy (non-hydrogen) atoms. The maximum absolute atomic E-state index is 7.60. The van der Waals surface area contributed by atoms with Crippen molar-refractivity contribution < 1.29 is 12.7 Å². The molecular formula is C32H39O3Si3. The Bertz CT molecular complexity index is 1160. The smallest absolute Gasteiger partial charge is 0.398 e. The highest BCUT2D eigenvalue weighted by molar-refractivity contribution is 6.99. The van der Waals surface area contributed by atoms with Crippen molar-refractivity contribution in [2.45, 2.75) is 52.3 Å². The van der Waals surface area contributed by atoms with Crippen molar-refractivity contribution in [3.05, 3.63) is 121 Å². The zero-order chi connectivity index (χ0) is 27.1. The summed E-state index contributed by atoms with van der Waals surface area (Å²) >= 11 is 0. The van der Waals surface area contributed by atoms with Crippen molar-refractivity contribution in [2.75, 3.05) is 0 Å². The summed E-state index contributed by atoms with van der Waals surface area (Å²) in [5.41, 5.74) is -0.411. The van der Waals surface area contributed by atoms with E-state index in [-0.39, 0.29) is 0 Å². The standard InChI is InChI=1S/C32H39O3Si3/c1-6-37(7-2,34-36(28-20-12-8-13-21-28)29-22-14-9-15-23-29)35-38(33-32(3,4)5,30-24-16-10-17-25-30)31-26-18-11-19-27-31/h8-27H,6-7H2,1-5H3. The van der Waals surface area contributed by atoms with E-state index in [0.29, 0.717) is 0 Å². The van der Waals surface area contributed by atoms with Crippen LogP contribution in [0.3, 0.4) is 0 Å². The summed E-state index contributed by atoms with van der Waals surface area (Å²) in [7, 11) is -7.52. The second-order valence-corrected chi connectivity index (χ2v) is 19.7. The average molecular weight is 556 g/mol. The van der Waals surface area contributed by atoms with Gasteiger partial charge >= 0.3 is 17.1 Å². The average Bonchev–Trinajstić information content (AvgIpc) is 2.96. The van der Waals surface area contributed by atoms with Gasteiger partial charge in [0.05, 0.1) is 5.60 Å². The normalized spacial score (nSPS) is 12.6. The molecule has 0 N–H and O–H groups in total. The number of rotatable bonds is 11. The molecule has 3 nitrogen and oxygen atoms in total. The highest BCUT2D eigenvalue weighted by Gasteiger charge is 2.53. The van der Waals surface area contributed by atoms with E-state index in [1.807, 2.05) is 0 Å². The molecule has 0 spiro atoms. The van der Waals surface area contributed by atoms with Crippen LogP contribution in [0, 0.1) is 0 Å². The quantitative estimate of drug-likeness (QED) is 0.233. The Labute approximate surface area is 232 Å². The molecule has 0 aliphatic rings. The Morgan fingerprint density at radius 1 is 0.579 bits per heavy atom. The molecule has 0 unspecified atom stereocenters. The van der Waals surface area contributed by atoms with Gasteiger partial charge in [-0.2, -0.15) is 0 Å². The van der Waals surface area contributed by atoms with Gasteiger partial charge in [0.1, 0.15) is 0 Å². The molecular weight excluding hydrogens is 517 g/mol. The maximum Gasteiger partial charge on any atom is 0.398 e. The Morgan fingerprint density at radius 2 is 0.947 bits per heavy atom. The molecule has 197 valence electrons. The highest BCUT2D eigenvalue weighted by atomic mass is 28.5. The van der Waals surface area contributed by atoms with Crippen LogP contribution < -0.4 is 20.7 Å². The fraction of sp³-hybridized carbons (Fsp3) is 0.250. The second-order valence-electron chi connectivity index (χ2n) is 10.4. The van der Waals surface area contributed by atoms with E-state index in [1.54, 1.807) is 0 Å². The van der Waals surface area contributed by atoms with Gasteiger partial charge in [0.25, 0.3) is 9.04 Å². The molecule has 4 aromatic carbocycles. The predicted molar refractivity (Wildman–Crippen MR) is 166 cm³/mol. The first-order valence-corrected chi connectivity index (χ1v) is 18.9. The number of hydrogen-bond acceptors (Lipinski definition) is 3. The molecule has 0 atom stereocenters. The minimum Gasteiger partial charge on any atom is -0.429 e. The van der Waals surface area contributed by atoms with Crippen LogP contribution in [0.15, 0.2) is 121 Å². The first-order chi connectivity index (χ1) is 18.3. The fourth-order valence-corrected chi connectivity index (χ4v) is 17.6. The summed E-state index contributed by atoms with van der Waals surface area (Å²) in [5, 5.41) is 4.68. The largest absolute Gasteiger partial charge is 0.429 e. The maximum atomic E-state index is 7.60. The van der Waals surface area contributed by atoms with Crippen LogP contribution in [0.25, 0.3) is 0 Å². The molecule has 0 heterocycles. The van der Waals surface area contributed by atoms with Gasteiger partial charge in [-0.25, -0.2) is 0 Å². The summed E-state index contributed by atoms with van der Waals surface area (Å²) in [5.74, 6) is 0. The molecule has 0 bridgehead atoms. The van der Waals surface area contributed by atoms with E-state index in [4.69, 9.17) is 12.7 Å². The van der Waals surface area contributed by atoms with Gasteiger partial charge in [0, 0.05) is 0 Å². The second kappa shape index (κ2) is 12.5. The van der Waals surface area contributed by atoms with Gasteiger partial charge in [-0.1, -0.05) is 135 Å². The lowest BCUT2D eigenvalue weighted by atomic mass is 10.2. The zero-order valence-electron chi connectivity index (χ0n) is 23.2. The molecule has 0 aromatic heterocycles. The van der Waals surface area contributed by atoms with E-state index in [1.165, 1.54) is 10.4 Å². The molecule has 0 saturated heterocycles. The lowest BCUT2D eigenvalue weighted by Gasteiger charge is -2.44. The molecule has 0 aliphatic heterocycles. The Morgan fingerprint density at radius 3 is 1.29 bits per heavy atom. The number of benzene rings is 4. The van der Waals surface area contributed by atoms with Crippen molar-refractivity contribution in [3.8, 4) is 0 Å². The predicted octanol–water partition coefficient (Wildman–Crippen LogP) is 5.38. The summed E-state index contributed by atoms with van der Waals surface area (Å²) in [6.07, 6.45) is 0. The summed E-state index contributed by atoms with van der Waals surface area (Å²) in [6, 6.07) is 44.1. The topological polar surface area (TPSA) is 27.7 Å². The molecule has 0 saturated carbocycles. The third kappa shape index (κ3) is 6.69. The van der Waals surface area contributed by atoms with Gasteiger partial charge in [-0.3, -0.25) is 0 Å². The van der Waals surface area contributed by atoms with Gasteiger partial charge in [-0.15, -0.1) is 0 Å². The first-order valence-electron chi connectivity index (χ1n) is 13.5. The molecule has 0 amide bonds. The lowest BCUT2D eigenvalue weighted by molar-refractivity contribution is 0.0958. The SMILES string of the molecule is CC[Si](CC)(O[Si](c1ccccc1)c1ccccc1)O[Si](OC(C)(C)C)(c1ccccc1)c1ccccc1. The van der Waals surface area contributed by atoms with Crippen molar-refractivity contribution in [3.63, 3.8) is 0 Å². The monoisotopic (exact) mass is 555 g/mol. The van der Waals surface area contributed by atoms with E-state index in [2.05, 4.69) is 156 Å². The van der Waals surface area contributed by atoms with Crippen LogP contribution in [0.4, 0.5) is 0 Å². The molecule has 0 aliphatic carbocycles.